The number of guanidine groups is 1. The van der Waals surface area contributed by atoms with Crippen molar-refractivity contribution >= 4 is 29.9 Å². The number of halogens is 1. The second-order valence-electron chi connectivity index (χ2n) is 6.18. The molecule has 5 nitrogen and oxygen atoms in total. The molecular weight excluding hydrogens is 441 g/mol. The average Bonchev–Trinajstić information content (AvgIpc) is 2.60. The van der Waals surface area contributed by atoms with Crippen molar-refractivity contribution in [1.29, 1.82) is 0 Å². The molecule has 0 amide bonds. The number of hydrogen-bond acceptors (Lipinski definition) is 3. The van der Waals surface area contributed by atoms with E-state index in [-0.39, 0.29) is 30.6 Å². The molecule has 0 radical (unpaired) electrons. The Labute approximate surface area is 173 Å². The van der Waals surface area contributed by atoms with E-state index in [0.29, 0.717) is 13.1 Å². The number of benzene rings is 2. The Morgan fingerprint density at radius 1 is 1.15 bits per heavy atom. The van der Waals surface area contributed by atoms with Gasteiger partial charge in [0.15, 0.2) is 5.96 Å². The van der Waals surface area contributed by atoms with Crippen molar-refractivity contribution in [3.8, 4) is 5.75 Å². The molecular formula is C20H28IN3O2. The summed E-state index contributed by atoms with van der Waals surface area (Å²) in [7, 11) is 3.85. The predicted octanol–water partition coefficient (Wildman–Crippen LogP) is 3.06. The maximum atomic E-state index is 10.1. The molecule has 2 N–H and O–H groups in total. The number of hydrogen-bond donors (Lipinski definition) is 2. The molecule has 2 aromatic rings. The molecule has 0 aromatic heterocycles. The van der Waals surface area contributed by atoms with E-state index in [2.05, 4.69) is 10.3 Å². The Morgan fingerprint density at radius 2 is 1.88 bits per heavy atom. The van der Waals surface area contributed by atoms with Crippen molar-refractivity contribution < 1.29 is 9.84 Å². The Hall–Kier alpha value is -1.80. The predicted molar refractivity (Wildman–Crippen MR) is 117 cm³/mol. The number of nitrogens with zero attached hydrogens (tertiary/aromatic N) is 2. The fourth-order valence-electron chi connectivity index (χ4n) is 2.27. The molecule has 1 unspecified atom stereocenters. The van der Waals surface area contributed by atoms with Crippen LogP contribution in [0.4, 0.5) is 0 Å². The molecule has 2 rings (SSSR count). The Balaban J connectivity index is 0.00000338. The summed E-state index contributed by atoms with van der Waals surface area (Å²) in [5.41, 5.74) is 2.28. The van der Waals surface area contributed by atoms with Gasteiger partial charge in [-0.2, -0.15) is 0 Å². The molecule has 0 aliphatic heterocycles. The first-order valence-corrected chi connectivity index (χ1v) is 8.41. The van der Waals surface area contributed by atoms with Crippen LogP contribution in [0.25, 0.3) is 0 Å². The minimum Gasteiger partial charge on any atom is -0.491 e. The highest BCUT2D eigenvalue weighted by Crippen LogP contribution is 2.12. The summed E-state index contributed by atoms with van der Waals surface area (Å²) in [4.78, 5) is 6.47. The number of aliphatic hydroxyl groups is 1. The van der Waals surface area contributed by atoms with Crippen LogP contribution in [0.15, 0.2) is 59.6 Å². The second kappa shape index (κ2) is 11.7. The Kier molecular flexibility index (Phi) is 10.0. The highest BCUT2D eigenvalue weighted by Gasteiger charge is 2.08. The highest BCUT2D eigenvalue weighted by atomic mass is 127. The van der Waals surface area contributed by atoms with Gasteiger partial charge in [0.2, 0.25) is 0 Å². The van der Waals surface area contributed by atoms with Crippen molar-refractivity contribution in [3.63, 3.8) is 0 Å². The summed E-state index contributed by atoms with van der Waals surface area (Å²) in [6.07, 6.45) is -0.623. The summed E-state index contributed by atoms with van der Waals surface area (Å²) in [6.45, 7) is 3.21. The zero-order valence-corrected chi connectivity index (χ0v) is 17.9. The third-order valence-electron chi connectivity index (χ3n) is 3.61. The summed E-state index contributed by atoms with van der Waals surface area (Å²) < 4.78 is 5.63. The van der Waals surface area contributed by atoms with E-state index in [9.17, 15) is 5.11 Å². The lowest BCUT2D eigenvalue weighted by molar-refractivity contribution is 0.110. The fourth-order valence-corrected chi connectivity index (χ4v) is 2.27. The van der Waals surface area contributed by atoms with Crippen LogP contribution >= 0.6 is 24.0 Å². The number of ether oxygens (including phenoxy) is 1. The van der Waals surface area contributed by atoms with Gasteiger partial charge >= 0.3 is 0 Å². The van der Waals surface area contributed by atoms with Crippen molar-refractivity contribution in [2.75, 3.05) is 27.2 Å². The summed E-state index contributed by atoms with van der Waals surface area (Å²) in [6, 6.07) is 17.9. The first-order valence-electron chi connectivity index (χ1n) is 8.41. The van der Waals surface area contributed by atoms with Crippen molar-refractivity contribution in [3.05, 3.63) is 65.7 Å². The second-order valence-corrected chi connectivity index (χ2v) is 6.18. The van der Waals surface area contributed by atoms with Crippen molar-refractivity contribution in [1.82, 2.24) is 10.2 Å². The van der Waals surface area contributed by atoms with E-state index in [1.165, 1.54) is 0 Å². The topological polar surface area (TPSA) is 57.1 Å². The van der Waals surface area contributed by atoms with Crippen LogP contribution in [0.3, 0.4) is 0 Å². The normalized spacial score (nSPS) is 12.1. The molecule has 0 saturated carbocycles. The van der Waals surface area contributed by atoms with Crippen LogP contribution < -0.4 is 10.1 Å². The third kappa shape index (κ3) is 8.05. The SMILES string of the molecule is Cc1cccc(OCC(O)CNC(=NCc2ccccc2)N(C)C)c1.I. The zero-order chi connectivity index (χ0) is 18.1. The van der Waals surface area contributed by atoms with Gasteiger partial charge in [-0.1, -0.05) is 42.5 Å². The first kappa shape index (κ1) is 22.2. The van der Waals surface area contributed by atoms with E-state index in [1.807, 2.05) is 80.5 Å². The van der Waals surface area contributed by atoms with Gasteiger partial charge in [0, 0.05) is 20.6 Å². The lowest BCUT2D eigenvalue weighted by atomic mass is 10.2. The van der Waals surface area contributed by atoms with E-state index < -0.39 is 6.10 Å². The number of rotatable bonds is 7. The molecule has 0 saturated heterocycles. The van der Waals surface area contributed by atoms with Crippen molar-refractivity contribution in [2.45, 2.75) is 19.6 Å². The Morgan fingerprint density at radius 3 is 2.54 bits per heavy atom. The summed E-state index contributed by atoms with van der Waals surface area (Å²) in [5, 5.41) is 13.3. The van der Waals surface area contributed by atoms with Crippen LogP contribution in [0.5, 0.6) is 5.75 Å². The van der Waals surface area contributed by atoms with Gasteiger partial charge in [0.05, 0.1) is 6.54 Å². The number of aryl methyl sites for hydroxylation is 1. The number of nitrogens with one attached hydrogen (secondary N) is 1. The fraction of sp³-hybridized carbons (Fsp3) is 0.350. The molecule has 0 bridgehead atoms. The standard InChI is InChI=1S/C20H27N3O2.HI/c1-16-8-7-11-19(12-16)25-15-18(24)14-22-20(23(2)3)21-13-17-9-5-4-6-10-17;/h4-12,18,24H,13-15H2,1-3H3,(H,21,22);1H. The van der Waals surface area contributed by atoms with Crippen molar-refractivity contribution in [2.24, 2.45) is 4.99 Å². The van der Waals surface area contributed by atoms with Gasteiger partial charge in [-0.3, -0.25) is 0 Å². The highest BCUT2D eigenvalue weighted by molar-refractivity contribution is 14.0. The summed E-state index contributed by atoms with van der Waals surface area (Å²) in [5.74, 6) is 1.50. The van der Waals surface area contributed by atoms with E-state index >= 15 is 0 Å². The average molecular weight is 469 g/mol. The van der Waals surface area contributed by atoms with Crippen LogP contribution in [0, 0.1) is 6.92 Å². The molecule has 26 heavy (non-hydrogen) atoms. The molecule has 6 heteroatoms. The molecule has 0 aliphatic carbocycles. The van der Waals surface area contributed by atoms with E-state index in [4.69, 9.17) is 4.74 Å². The van der Waals surface area contributed by atoms with Crippen LogP contribution in [0.1, 0.15) is 11.1 Å². The lowest BCUT2D eigenvalue weighted by Crippen LogP contribution is -2.42. The molecule has 0 spiro atoms. The quantitative estimate of drug-likeness (QED) is 0.372. The molecule has 0 aliphatic rings. The van der Waals surface area contributed by atoms with Crippen LogP contribution in [0.2, 0.25) is 0 Å². The van der Waals surface area contributed by atoms with Gasteiger partial charge in [-0.25, -0.2) is 4.99 Å². The molecule has 142 valence electrons. The Bertz CT molecular complexity index is 678. The van der Waals surface area contributed by atoms with Gasteiger partial charge in [0.1, 0.15) is 18.5 Å². The first-order chi connectivity index (χ1) is 12.0. The van der Waals surface area contributed by atoms with Crippen LogP contribution in [-0.4, -0.2) is 49.3 Å². The van der Waals surface area contributed by atoms with Gasteiger partial charge in [-0.15, -0.1) is 24.0 Å². The monoisotopic (exact) mass is 469 g/mol. The van der Waals surface area contributed by atoms with Gasteiger partial charge < -0.3 is 20.1 Å². The van der Waals surface area contributed by atoms with E-state index in [0.717, 1.165) is 22.8 Å². The maximum Gasteiger partial charge on any atom is 0.193 e. The third-order valence-corrected chi connectivity index (χ3v) is 3.61. The number of aliphatic hydroxyl groups excluding tert-OH is 1. The molecule has 0 heterocycles. The van der Waals surface area contributed by atoms with E-state index in [1.54, 1.807) is 0 Å². The van der Waals surface area contributed by atoms with Gasteiger partial charge in [0.25, 0.3) is 0 Å². The molecule has 2 aromatic carbocycles. The lowest BCUT2D eigenvalue weighted by Gasteiger charge is -2.20. The smallest absolute Gasteiger partial charge is 0.193 e. The minimum atomic E-state index is -0.623. The number of aliphatic imine (C=N–C) groups is 1. The van der Waals surface area contributed by atoms with Gasteiger partial charge in [-0.05, 0) is 30.2 Å². The largest absolute Gasteiger partial charge is 0.491 e. The molecule has 0 fully saturated rings. The molecule has 1 atom stereocenters. The zero-order valence-electron chi connectivity index (χ0n) is 15.6. The van der Waals surface area contributed by atoms with Crippen LogP contribution in [-0.2, 0) is 6.54 Å². The maximum absolute atomic E-state index is 10.1. The summed E-state index contributed by atoms with van der Waals surface area (Å²) >= 11 is 0. The minimum absolute atomic E-state index is 0.